The van der Waals surface area contributed by atoms with Crippen molar-refractivity contribution in [3.8, 4) is 0 Å². The quantitative estimate of drug-likeness (QED) is 0.168. The number of carbonyl (C=O) groups excluding carboxylic acids is 1. The molecule has 27 heavy (non-hydrogen) atoms. The maximum absolute atomic E-state index is 11.5. The van der Waals surface area contributed by atoms with Crippen molar-refractivity contribution >= 4 is 27.7 Å². The highest BCUT2D eigenvalue weighted by Gasteiger charge is 2.18. The third-order valence-corrected chi connectivity index (χ3v) is 6.04. The molecule has 0 fully saturated rings. The number of nitrogens with one attached hydrogen (secondary N) is 2. The lowest BCUT2D eigenvalue weighted by Crippen LogP contribution is -2.35. The van der Waals surface area contributed by atoms with Crippen molar-refractivity contribution in [1.82, 2.24) is 10.6 Å². The molecule has 2 N–H and O–H groups in total. The Balaban J connectivity index is 3.45. The second-order valence-corrected chi connectivity index (χ2v) is 10.3. The molecule has 1 amide bonds. The molecule has 0 saturated heterocycles. The van der Waals surface area contributed by atoms with Crippen LogP contribution in [0.4, 0.5) is 4.79 Å². The van der Waals surface area contributed by atoms with Crippen LogP contribution in [0.5, 0.6) is 0 Å². The smallest absolute Gasteiger partial charge is 0.407 e. The monoisotopic (exact) mass is 422 g/mol. The molecule has 0 aromatic carbocycles. The Hall–Kier alpha value is -0.410. The van der Waals surface area contributed by atoms with E-state index in [4.69, 9.17) is 14.2 Å². The first kappa shape index (κ1) is 26.6. The number of ether oxygens (including phenoxy) is 3. The first-order valence-electron chi connectivity index (χ1n) is 9.49. The molecular weight excluding hydrogens is 384 g/mol. The lowest BCUT2D eigenvalue weighted by Gasteiger charge is -2.24. The van der Waals surface area contributed by atoms with Crippen molar-refractivity contribution in [2.45, 2.75) is 52.3 Å². The summed E-state index contributed by atoms with van der Waals surface area (Å²) in [5, 5.41) is 6.09. The molecule has 0 bridgehead atoms. The lowest BCUT2D eigenvalue weighted by molar-refractivity contribution is 0.0906. The Bertz CT molecular complexity index is 405. The Labute approximate surface area is 173 Å². The van der Waals surface area contributed by atoms with Gasteiger partial charge in [-0.3, -0.25) is 0 Å². The molecule has 0 aromatic rings. The van der Waals surface area contributed by atoms with E-state index in [1.165, 1.54) is 0 Å². The molecule has 0 saturated carbocycles. The zero-order valence-electron chi connectivity index (χ0n) is 17.7. The number of hydrogen-bond acceptors (Lipinski definition) is 7. The zero-order valence-corrected chi connectivity index (χ0v) is 19.3. The molecular formula is C19H38N2O4S2. The molecule has 0 aliphatic rings. The molecule has 0 unspecified atom stereocenters. The fraction of sp³-hybridized carbons (Fsp3) is 0.842. The Morgan fingerprint density at radius 3 is 2.52 bits per heavy atom. The maximum Gasteiger partial charge on any atom is 0.407 e. The summed E-state index contributed by atoms with van der Waals surface area (Å²) in [7, 11) is 3.47. The van der Waals surface area contributed by atoms with Crippen LogP contribution < -0.4 is 10.6 Å². The summed E-state index contributed by atoms with van der Waals surface area (Å²) in [6, 6.07) is 0.489. The second-order valence-electron chi connectivity index (χ2n) is 7.33. The molecule has 0 atom stereocenters. The molecule has 160 valence electrons. The van der Waals surface area contributed by atoms with E-state index in [-0.39, 0.29) is 11.4 Å². The third kappa shape index (κ3) is 20.1. The number of rotatable bonds is 16. The van der Waals surface area contributed by atoms with Crippen LogP contribution in [0.3, 0.4) is 0 Å². The zero-order chi connectivity index (χ0) is 20.5. The van der Waals surface area contributed by atoms with Gasteiger partial charge >= 0.3 is 6.09 Å². The van der Waals surface area contributed by atoms with Crippen molar-refractivity contribution in [3.05, 3.63) is 12.2 Å². The van der Waals surface area contributed by atoms with Crippen molar-refractivity contribution in [2.75, 3.05) is 45.5 Å². The van der Waals surface area contributed by atoms with E-state index in [1.54, 1.807) is 21.6 Å². The van der Waals surface area contributed by atoms with Gasteiger partial charge in [0.25, 0.3) is 0 Å². The maximum atomic E-state index is 11.5. The van der Waals surface area contributed by atoms with E-state index in [2.05, 4.69) is 58.3 Å². The summed E-state index contributed by atoms with van der Waals surface area (Å²) < 4.78 is 16.0. The van der Waals surface area contributed by atoms with Crippen molar-refractivity contribution in [3.63, 3.8) is 0 Å². The highest BCUT2D eigenvalue weighted by molar-refractivity contribution is 8.77. The van der Waals surface area contributed by atoms with Gasteiger partial charge in [0.1, 0.15) is 12.5 Å². The first-order chi connectivity index (χ1) is 12.7. The third-order valence-electron chi connectivity index (χ3n) is 3.06. The molecule has 0 aliphatic heterocycles. The Kier molecular flexibility index (Phi) is 16.3. The van der Waals surface area contributed by atoms with Gasteiger partial charge in [-0.05, 0) is 19.8 Å². The van der Waals surface area contributed by atoms with Crippen LogP contribution in [0, 0.1) is 5.92 Å². The van der Waals surface area contributed by atoms with Gasteiger partial charge in [0.15, 0.2) is 0 Å². The van der Waals surface area contributed by atoms with Crippen molar-refractivity contribution in [1.29, 1.82) is 0 Å². The summed E-state index contributed by atoms with van der Waals surface area (Å²) >= 11 is 0. The van der Waals surface area contributed by atoms with Gasteiger partial charge in [0.05, 0.1) is 19.8 Å². The predicted molar refractivity (Wildman–Crippen MR) is 117 cm³/mol. The number of carbonyl (C=O) groups is 1. The van der Waals surface area contributed by atoms with Gasteiger partial charge in [-0.2, -0.15) is 0 Å². The van der Waals surface area contributed by atoms with E-state index >= 15 is 0 Å². The van der Waals surface area contributed by atoms with Gasteiger partial charge in [0.2, 0.25) is 0 Å². The summed E-state index contributed by atoms with van der Waals surface area (Å²) in [6.45, 7) is 16.0. The van der Waals surface area contributed by atoms with Gasteiger partial charge in [-0.25, -0.2) is 4.79 Å². The summed E-state index contributed by atoms with van der Waals surface area (Å²) in [5.74, 6) is 1.09. The topological polar surface area (TPSA) is 68.8 Å². The molecule has 0 spiro atoms. The van der Waals surface area contributed by atoms with Gasteiger partial charge in [0, 0.05) is 23.9 Å². The Morgan fingerprint density at radius 2 is 1.85 bits per heavy atom. The van der Waals surface area contributed by atoms with Gasteiger partial charge < -0.3 is 24.8 Å². The number of alkyl carbamates (subject to hydrolysis) is 1. The first-order valence-corrected chi connectivity index (χ1v) is 11.8. The molecule has 0 heterocycles. The minimum Gasteiger partial charge on any atom is -0.447 e. The lowest BCUT2D eigenvalue weighted by atomic mass is 10.2. The largest absolute Gasteiger partial charge is 0.447 e. The highest BCUT2D eigenvalue weighted by Crippen LogP contribution is 2.35. The van der Waals surface area contributed by atoms with E-state index in [1.807, 2.05) is 6.08 Å². The molecule has 0 radical (unpaired) electrons. The highest BCUT2D eigenvalue weighted by atomic mass is 33.1. The van der Waals surface area contributed by atoms with Gasteiger partial charge in [-0.1, -0.05) is 61.4 Å². The average Bonchev–Trinajstić information content (AvgIpc) is 2.58. The summed E-state index contributed by atoms with van der Waals surface area (Å²) in [5.41, 5.74) is 0. The van der Waals surface area contributed by atoms with E-state index < -0.39 is 6.09 Å². The predicted octanol–water partition coefficient (Wildman–Crippen LogP) is 4.07. The number of amides is 1. The molecule has 0 rings (SSSR count). The number of allylic oxidation sites excluding steroid dienone is 1. The minimum absolute atomic E-state index is 0.140. The van der Waals surface area contributed by atoms with Crippen LogP contribution in [-0.2, 0) is 14.2 Å². The SMILES string of the molecule is CC(C)/C=C/COCCNC(=O)OCCOCSSC(C)(C)CNC(C)C. The standard InChI is InChI=1S/C19H38N2O4S2/c1-16(2)8-7-10-23-11-9-20-18(22)25-13-12-24-15-26-27-19(5,6)14-21-17(3)4/h7-8,16-17,21H,9-15H2,1-6H3,(H,20,22)/b8-7+. The van der Waals surface area contributed by atoms with Crippen LogP contribution in [0.15, 0.2) is 12.2 Å². The van der Waals surface area contributed by atoms with Crippen molar-refractivity contribution < 1.29 is 19.0 Å². The molecule has 8 heteroatoms. The van der Waals surface area contributed by atoms with E-state index in [0.717, 1.165) is 6.54 Å². The van der Waals surface area contributed by atoms with Crippen LogP contribution in [0.1, 0.15) is 41.5 Å². The minimum atomic E-state index is -0.442. The molecule has 6 nitrogen and oxygen atoms in total. The van der Waals surface area contributed by atoms with Crippen LogP contribution in [0.25, 0.3) is 0 Å². The normalized spacial score (nSPS) is 12.3. The van der Waals surface area contributed by atoms with Crippen LogP contribution >= 0.6 is 21.6 Å². The second kappa shape index (κ2) is 16.5. The summed E-state index contributed by atoms with van der Waals surface area (Å²) in [4.78, 5) is 11.5. The summed E-state index contributed by atoms with van der Waals surface area (Å²) in [6.07, 6.45) is 3.63. The van der Waals surface area contributed by atoms with Crippen molar-refractivity contribution in [2.24, 2.45) is 5.92 Å². The van der Waals surface area contributed by atoms with Crippen LogP contribution in [-0.4, -0.2) is 62.3 Å². The Morgan fingerprint density at radius 1 is 1.11 bits per heavy atom. The fourth-order valence-electron chi connectivity index (χ4n) is 1.70. The molecule has 0 aliphatic carbocycles. The number of hydrogen-bond donors (Lipinski definition) is 2. The van der Waals surface area contributed by atoms with E-state index in [0.29, 0.717) is 44.3 Å². The van der Waals surface area contributed by atoms with Gasteiger partial charge in [-0.15, -0.1) is 0 Å². The average molecular weight is 423 g/mol. The van der Waals surface area contributed by atoms with E-state index in [9.17, 15) is 4.79 Å². The van der Waals surface area contributed by atoms with Crippen LogP contribution in [0.2, 0.25) is 0 Å². The fourth-order valence-corrected chi connectivity index (χ4v) is 3.88. The molecule has 0 aromatic heterocycles.